The Morgan fingerprint density at radius 1 is 1.17 bits per heavy atom. The van der Waals surface area contributed by atoms with Gasteiger partial charge in [-0.15, -0.1) is 11.8 Å². The van der Waals surface area contributed by atoms with Gasteiger partial charge < -0.3 is 9.59 Å². The molecule has 0 radical (unpaired) electrons. The lowest BCUT2D eigenvalue weighted by atomic mass is 9.92. The fourth-order valence-corrected chi connectivity index (χ4v) is 4.15. The van der Waals surface area contributed by atoms with E-state index in [0.717, 1.165) is 17.3 Å². The monoisotopic (exact) mass is 188 g/mol. The molecule has 1 N–H and O–H groups in total. The Kier molecular flexibility index (Phi) is 2.13. The number of thioether (sulfide) groups is 1. The number of piperidine rings is 1. The molecule has 2 nitrogen and oxygen atoms in total. The van der Waals surface area contributed by atoms with Gasteiger partial charge in [0.1, 0.15) is 12.1 Å². The van der Waals surface area contributed by atoms with Gasteiger partial charge in [-0.25, -0.2) is 0 Å². The molecular formula is C9H18NOS+. The van der Waals surface area contributed by atoms with Crippen LogP contribution >= 0.6 is 11.8 Å². The Bertz CT molecular complexity index is 167. The van der Waals surface area contributed by atoms with E-state index in [1.165, 1.54) is 11.5 Å². The number of hydrogen-bond acceptors (Lipinski definition) is 2. The van der Waals surface area contributed by atoms with Gasteiger partial charge in [-0.1, -0.05) is 0 Å². The molecule has 2 aliphatic rings. The smallest absolute Gasteiger partial charge is 0.100 e. The maximum absolute atomic E-state index is 9.63. The maximum Gasteiger partial charge on any atom is 0.100 e. The van der Waals surface area contributed by atoms with Gasteiger partial charge in [0.2, 0.25) is 0 Å². The van der Waals surface area contributed by atoms with Crippen molar-refractivity contribution in [3.63, 3.8) is 0 Å². The third-order valence-corrected chi connectivity index (χ3v) is 4.83. The standard InChI is InChI=1S/C9H18NOS/c1-10(2)7-3-9(11)4-8(10)6-12-5-7/h7-9,11H,3-6H2,1-2H3/q+1. The van der Waals surface area contributed by atoms with Crippen LogP contribution in [0.5, 0.6) is 0 Å². The Balaban J connectivity index is 2.18. The first-order valence-electron chi connectivity index (χ1n) is 4.70. The van der Waals surface area contributed by atoms with Crippen molar-refractivity contribution in [2.75, 3.05) is 25.6 Å². The summed E-state index contributed by atoms with van der Waals surface area (Å²) in [5.74, 6) is 2.47. The number of hydrogen-bond donors (Lipinski definition) is 1. The van der Waals surface area contributed by atoms with Crippen LogP contribution in [-0.4, -0.2) is 53.4 Å². The highest BCUT2D eigenvalue weighted by Crippen LogP contribution is 2.36. The Morgan fingerprint density at radius 3 is 2.17 bits per heavy atom. The minimum absolute atomic E-state index is 0.0213. The number of rotatable bonds is 0. The SMILES string of the molecule is C[N+]1(C)C2CSCC1CC(O)C2. The molecule has 0 aromatic rings. The predicted octanol–water partition coefficient (Wildman–Crippen LogP) is 0.702. The van der Waals surface area contributed by atoms with Crippen molar-refractivity contribution in [1.29, 1.82) is 0 Å². The fraction of sp³-hybridized carbons (Fsp3) is 1.00. The van der Waals surface area contributed by atoms with Crippen LogP contribution in [0.15, 0.2) is 0 Å². The fourth-order valence-electron chi connectivity index (χ4n) is 2.43. The zero-order valence-electron chi connectivity index (χ0n) is 7.86. The molecule has 3 heteroatoms. The quantitative estimate of drug-likeness (QED) is 0.565. The summed E-state index contributed by atoms with van der Waals surface area (Å²) in [6.07, 6.45) is 2.00. The molecular weight excluding hydrogens is 170 g/mol. The zero-order valence-corrected chi connectivity index (χ0v) is 8.68. The van der Waals surface area contributed by atoms with Crippen molar-refractivity contribution in [1.82, 2.24) is 0 Å². The van der Waals surface area contributed by atoms with E-state index >= 15 is 0 Å². The van der Waals surface area contributed by atoms with E-state index in [4.69, 9.17) is 0 Å². The van der Waals surface area contributed by atoms with E-state index in [-0.39, 0.29) is 6.10 Å². The summed E-state index contributed by atoms with van der Waals surface area (Å²) in [6.45, 7) is 0. The van der Waals surface area contributed by atoms with Crippen LogP contribution < -0.4 is 0 Å². The molecule has 12 heavy (non-hydrogen) atoms. The number of fused-ring (bicyclic) bond motifs is 2. The highest BCUT2D eigenvalue weighted by Gasteiger charge is 2.45. The first-order valence-corrected chi connectivity index (χ1v) is 5.85. The van der Waals surface area contributed by atoms with Crippen LogP contribution in [0.25, 0.3) is 0 Å². The molecule has 0 spiro atoms. The molecule has 2 fully saturated rings. The minimum atomic E-state index is -0.0213. The van der Waals surface area contributed by atoms with Gasteiger partial charge in [0.15, 0.2) is 0 Å². The van der Waals surface area contributed by atoms with Gasteiger partial charge in [0.05, 0.1) is 20.2 Å². The van der Waals surface area contributed by atoms with E-state index < -0.39 is 0 Å². The molecule has 2 aliphatic heterocycles. The predicted molar refractivity (Wildman–Crippen MR) is 52.3 cm³/mol. The number of quaternary nitrogens is 1. The van der Waals surface area contributed by atoms with E-state index in [0.29, 0.717) is 12.1 Å². The van der Waals surface area contributed by atoms with Crippen LogP contribution in [0.4, 0.5) is 0 Å². The van der Waals surface area contributed by atoms with Gasteiger partial charge in [0, 0.05) is 24.3 Å². The number of aliphatic hydroxyl groups excluding tert-OH is 1. The Labute approximate surface area is 78.5 Å². The lowest BCUT2D eigenvalue weighted by Gasteiger charge is -2.51. The second-order valence-corrected chi connectivity index (χ2v) is 5.67. The largest absolute Gasteiger partial charge is 0.393 e. The Morgan fingerprint density at radius 2 is 1.67 bits per heavy atom. The lowest BCUT2D eigenvalue weighted by molar-refractivity contribution is -0.941. The molecule has 2 rings (SSSR count). The second kappa shape index (κ2) is 2.89. The lowest BCUT2D eigenvalue weighted by Crippen LogP contribution is -2.65. The van der Waals surface area contributed by atoms with Crippen LogP contribution in [0.1, 0.15) is 12.8 Å². The highest BCUT2D eigenvalue weighted by atomic mass is 32.2. The van der Waals surface area contributed by atoms with Crippen molar-refractivity contribution in [2.45, 2.75) is 31.0 Å². The molecule has 0 aromatic carbocycles. The summed E-state index contributed by atoms with van der Waals surface area (Å²) in [4.78, 5) is 0. The summed E-state index contributed by atoms with van der Waals surface area (Å²) in [5, 5.41) is 9.63. The first kappa shape index (κ1) is 8.85. The molecule has 2 bridgehead atoms. The summed E-state index contributed by atoms with van der Waals surface area (Å²) in [7, 11) is 4.64. The van der Waals surface area contributed by atoms with Crippen molar-refractivity contribution < 1.29 is 9.59 Å². The van der Waals surface area contributed by atoms with E-state index in [2.05, 4.69) is 25.9 Å². The molecule has 0 amide bonds. The molecule has 0 saturated carbocycles. The molecule has 2 atom stereocenters. The van der Waals surface area contributed by atoms with Crippen molar-refractivity contribution >= 4 is 11.8 Å². The van der Waals surface area contributed by atoms with E-state index in [1.54, 1.807) is 0 Å². The molecule has 2 unspecified atom stereocenters. The highest BCUT2D eigenvalue weighted by molar-refractivity contribution is 7.99. The number of nitrogens with zero attached hydrogens (tertiary/aromatic N) is 1. The van der Waals surface area contributed by atoms with Gasteiger partial charge in [-0.3, -0.25) is 0 Å². The normalized spacial score (nSPS) is 45.8. The molecule has 70 valence electrons. The van der Waals surface area contributed by atoms with Crippen molar-refractivity contribution in [3.05, 3.63) is 0 Å². The van der Waals surface area contributed by atoms with E-state index in [1.807, 2.05) is 0 Å². The third kappa shape index (κ3) is 1.28. The maximum atomic E-state index is 9.63. The van der Waals surface area contributed by atoms with Gasteiger partial charge in [-0.2, -0.15) is 0 Å². The summed E-state index contributed by atoms with van der Waals surface area (Å²) in [6, 6.07) is 1.38. The molecule has 2 heterocycles. The van der Waals surface area contributed by atoms with Crippen LogP contribution in [0, 0.1) is 0 Å². The molecule has 2 saturated heterocycles. The van der Waals surface area contributed by atoms with Gasteiger partial charge in [0.25, 0.3) is 0 Å². The molecule has 0 aliphatic carbocycles. The second-order valence-electron chi connectivity index (χ2n) is 4.60. The van der Waals surface area contributed by atoms with Gasteiger partial charge >= 0.3 is 0 Å². The van der Waals surface area contributed by atoms with Crippen molar-refractivity contribution in [2.24, 2.45) is 0 Å². The third-order valence-electron chi connectivity index (χ3n) is 3.59. The summed E-state index contributed by atoms with van der Waals surface area (Å²) >= 11 is 2.06. The zero-order chi connectivity index (χ0) is 8.77. The summed E-state index contributed by atoms with van der Waals surface area (Å²) in [5.41, 5.74) is 0. The van der Waals surface area contributed by atoms with Gasteiger partial charge in [-0.05, 0) is 0 Å². The Hall–Kier alpha value is 0.270. The van der Waals surface area contributed by atoms with Crippen LogP contribution in [0.2, 0.25) is 0 Å². The molecule has 0 aromatic heterocycles. The average Bonchev–Trinajstić information content (AvgIpc) is 1.92. The van der Waals surface area contributed by atoms with Crippen LogP contribution in [0.3, 0.4) is 0 Å². The van der Waals surface area contributed by atoms with Crippen LogP contribution in [-0.2, 0) is 0 Å². The summed E-state index contributed by atoms with van der Waals surface area (Å²) < 4.78 is 1.14. The first-order chi connectivity index (χ1) is 5.60. The van der Waals surface area contributed by atoms with E-state index in [9.17, 15) is 5.11 Å². The topological polar surface area (TPSA) is 20.2 Å². The number of aliphatic hydroxyl groups is 1. The van der Waals surface area contributed by atoms with Crippen molar-refractivity contribution in [3.8, 4) is 0 Å². The minimum Gasteiger partial charge on any atom is -0.393 e. The average molecular weight is 188 g/mol.